The van der Waals surface area contributed by atoms with Crippen molar-refractivity contribution in [2.24, 2.45) is 0 Å². The van der Waals surface area contributed by atoms with Crippen LogP contribution in [0.15, 0.2) is 42.5 Å². The molecule has 0 spiro atoms. The topological polar surface area (TPSA) is 71.4 Å². The minimum Gasteiger partial charge on any atom is -0.489 e. The fourth-order valence-corrected chi connectivity index (χ4v) is 3.63. The van der Waals surface area contributed by atoms with Gasteiger partial charge in [-0.15, -0.1) is 0 Å². The largest absolute Gasteiger partial charge is 0.489 e. The summed E-state index contributed by atoms with van der Waals surface area (Å²) in [7, 11) is 1.69. The Balaban J connectivity index is 1.64. The van der Waals surface area contributed by atoms with Gasteiger partial charge in [0.2, 0.25) is 0 Å². The molecule has 2 aromatic rings. The highest BCUT2D eigenvalue weighted by molar-refractivity contribution is 5.90. The van der Waals surface area contributed by atoms with Gasteiger partial charge >= 0.3 is 5.97 Å². The van der Waals surface area contributed by atoms with Gasteiger partial charge in [0.1, 0.15) is 18.2 Å². The van der Waals surface area contributed by atoms with E-state index < -0.39 is 0 Å². The van der Waals surface area contributed by atoms with E-state index in [1.807, 2.05) is 24.3 Å². The maximum Gasteiger partial charge on any atom is 0.306 e. The molecule has 0 saturated carbocycles. The van der Waals surface area contributed by atoms with Crippen molar-refractivity contribution in [3.05, 3.63) is 64.7 Å². The molecule has 5 heteroatoms. The first-order valence-electron chi connectivity index (χ1n) is 9.86. The third-order valence-electron chi connectivity index (χ3n) is 5.14. The monoisotopic (exact) mass is 380 g/mol. The molecule has 148 valence electrons. The smallest absolute Gasteiger partial charge is 0.306 e. The van der Waals surface area contributed by atoms with Gasteiger partial charge in [-0.1, -0.05) is 30.3 Å². The van der Waals surface area contributed by atoms with Crippen LogP contribution in [0.4, 0.5) is 0 Å². The van der Waals surface area contributed by atoms with Crippen LogP contribution in [-0.4, -0.2) is 25.5 Å². The lowest BCUT2D eigenvalue weighted by molar-refractivity contribution is -0.143. The molecule has 0 fully saturated rings. The van der Waals surface area contributed by atoms with Crippen molar-refractivity contribution < 1.29 is 14.3 Å². The molecule has 0 saturated heterocycles. The molecule has 0 radical (unpaired) electrons. The van der Waals surface area contributed by atoms with Gasteiger partial charge in [0, 0.05) is 7.05 Å². The zero-order chi connectivity index (χ0) is 19.9. The summed E-state index contributed by atoms with van der Waals surface area (Å²) in [5.74, 6) is 0.411. The number of likely N-dealkylation sites (N-methyl/N-ethyl adjacent to an activating group) is 1. The van der Waals surface area contributed by atoms with Gasteiger partial charge in [0.15, 0.2) is 0 Å². The third-order valence-corrected chi connectivity index (χ3v) is 5.14. The molecular weight excluding hydrogens is 352 g/mol. The second kappa shape index (κ2) is 9.40. The van der Waals surface area contributed by atoms with Crippen molar-refractivity contribution in [3.63, 3.8) is 0 Å². The van der Waals surface area contributed by atoms with E-state index in [4.69, 9.17) is 14.9 Å². The summed E-state index contributed by atoms with van der Waals surface area (Å²) >= 11 is 0. The molecule has 0 aromatic heterocycles. The minimum atomic E-state index is -0.352. The molecule has 1 atom stereocenters. The van der Waals surface area contributed by atoms with Crippen molar-refractivity contribution in [1.82, 2.24) is 5.32 Å². The molecule has 2 N–H and O–H groups in total. The van der Waals surface area contributed by atoms with E-state index in [2.05, 4.69) is 23.5 Å². The number of benzene rings is 2. The molecule has 3 rings (SSSR count). The maximum absolute atomic E-state index is 11.9. The quantitative estimate of drug-likeness (QED) is 0.413. The van der Waals surface area contributed by atoms with Gasteiger partial charge in [-0.2, -0.15) is 0 Å². The second-order valence-electron chi connectivity index (χ2n) is 7.04. The molecule has 0 unspecified atom stereocenters. The van der Waals surface area contributed by atoms with Gasteiger partial charge in [0.25, 0.3) is 0 Å². The van der Waals surface area contributed by atoms with E-state index in [1.165, 1.54) is 29.5 Å². The molecule has 2 aromatic carbocycles. The van der Waals surface area contributed by atoms with Crippen molar-refractivity contribution in [1.29, 1.82) is 5.41 Å². The molecule has 5 nitrogen and oxygen atoms in total. The van der Waals surface area contributed by atoms with Crippen molar-refractivity contribution in [2.45, 2.75) is 45.1 Å². The summed E-state index contributed by atoms with van der Waals surface area (Å²) in [6, 6.07) is 14.2. The van der Waals surface area contributed by atoms with Gasteiger partial charge in [-0.25, -0.2) is 0 Å². The van der Waals surface area contributed by atoms with Crippen molar-refractivity contribution in [2.75, 3.05) is 13.7 Å². The van der Waals surface area contributed by atoms with Crippen LogP contribution in [0.5, 0.6) is 5.75 Å². The Morgan fingerprint density at radius 3 is 2.61 bits per heavy atom. The van der Waals surface area contributed by atoms with E-state index in [0.29, 0.717) is 19.0 Å². The lowest BCUT2D eigenvalue weighted by Crippen LogP contribution is -2.27. The number of amidine groups is 1. The molecule has 1 aliphatic rings. The molecule has 0 amide bonds. The van der Waals surface area contributed by atoms with E-state index in [1.54, 1.807) is 14.0 Å². The first-order valence-corrected chi connectivity index (χ1v) is 9.86. The summed E-state index contributed by atoms with van der Waals surface area (Å²) in [6.45, 7) is 2.66. The number of ether oxygens (including phenoxy) is 2. The van der Waals surface area contributed by atoms with Crippen LogP contribution >= 0.6 is 0 Å². The van der Waals surface area contributed by atoms with Crippen LogP contribution in [0, 0.1) is 5.41 Å². The Hall–Kier alpha value is -2.82. The fourth-order valence-electron chi connectivity index (χ4n) is 3.63. The highest BCUT2D eigenvalue weighted by Gasteiger charge is 2.21. The fraction of sp³-hybridized carbons (Fsp3) is 0.391. The molecule has 1 aliphatic carbocycles. The van der Waals surface area contributed by atoms with Gasteiger partial charge in [0.05, 0.1) is 18.9 Å². The standard InChI is InChI=1S/C23H28N2O3/c1-3-27-22(26)14-21(23(24)25-2)18-9-11-20(12-10-18)28-15-16-7-8-17-5-4-6-19(17)13-16/h7-13,21H,3-6,14-15H2,1-2H3,(H2,24,25)/t21-/m0/s1. The predicted molar refractivity (Wildman–Crippen MR) is 110 cm³/mol. The van der Waals surface area contributed by atoms with Crippen LogP contribution in [-0.2, 0) is 29.0 Å². The number of nitrogens with one attached hydrogen (secondary N) is 2. The van der Waals surface area contributed by atoms with Crippen LogP contribution in [0.3, 0.4) is 0 Å². The van der Waals surface area contributed by atoms with Gasteiger partial charge < -0.3 is 14.8 Å². The molecule has 0 aliphatic heterocycles. The Kier molecular flexibility index (Phi) is 6.69. The Labute approximate surface area is 166 Å². The number of rotatable bonds is 8. The lowest BCUT2D eigenvalue weighted by Gasteiger charge is -2.18. The van der Waals surface area contributed by atoms with Gasteiger partial charge in [-0.3, -0.25) is 10.2 Å². The van der Waals surface area contributed by atoms with E-state index in [9.17, 15) is 4.79 Å². The summed E-state index contributed by atoms with van der Waals surface area (Å²) in [5.41, 5.74) is 4.98. The van der Waals surface area contributed by atoms with Crippen LogP contribution in [0.25, 0.3) is 0 Å². The minimum absolute atomic E-state index is 0.142. The van der Waals surface area contributed by atoms with E-state index >= 15 is 0 Å². The summed E-state index contributed by atoms with van der Waals surface area (Å²) in [4.78, 5) is 11.9. The summed E-state index contributed by atoms with van der Waals surface area (Å²) < 4.78 is 11.0. The number of carbonyl (C=O) groups excluding carboxylic acids is 1. The van der Waals surface area contributed by atoms with Crippen molar-refractivity contribution >= 4 is 11.8 Å². The van der Waals surface area contributed by atoms with Crippen LogP contribution < -0.4 is 10.1 Å². The molecule has 0 heterocycles. The number of carbonyl (C=O) groups is 1. The van der Waals surface area contributed by atoms with E-state index in [0.717, 1.165) is 17.7 Å². The number of fused-ring (bicyclic) bond motifs is 1. The Morgan fingerprint density at radius 2 is 1.89 bits per heavy atom. The maximum atomic E-state index is 11.9. The zero-order valence-electron chi connectivity index (χ0n) is 16.6. The molecule has 0 bridgehead atoms. The average molecular weight is 380 g/mol. The molecular formula is C23H28N2O3. The summed E-state index contributed by atoms with van der Waals surface area (Å²) in [5, 5.41) is 11.0. The van der Waals surface area contributed by atoms with Crippen LogP contribution in [0.2, 0.25) is 0 Å². The first kappa shape index (κ1) is 19.9. The highest BCUT2D eigenvalue weighted by atomic mass is 16.5. The van der Waals surface area contributed by atoms with Gasteiger partial charge in [-0.05, 0) is 60.6 Å². The summed E-state index contributed by atoms with van der Waals surface area (Å²) in [6.07, 6.45) is 3.74. The average Bonchev–Trinajstić information content (AvgIpc) is 3.18. The first-order chi connectivity index (χ1) is 13.6. The lowest BCUT2D eigenvalue weighted by atomic mass is 9.94. The third kappa shape index (κ3) is 4.91. The predicted octanol–water partition coefficient (Wildman–Crippen LogP) is 3.99. The van der Waals surface area contributed by atoms with E-state index in [-0.39, 0.29) is 18.3 Å². The zero-order valence-corrected chi connectivity index (χ0v) is 16.6. The Bertz CT molecular complexity index is 830. The Morgan fingerprint density at radius 1 is 1.14 bits per heavy atom. The number of aryl methyl sites for hydroxylation is 2. The normalized spacial score (nSPS) is 13.5. The van der Waals surface area contributed by atoms with Crippen LogP contribution in [0.1, 0.15) is 47.9 Å². The number of esters is 1. The van der Waals surface area contributed by atoms with Crippen molar-refractivity contribution in [3.8, 4) is 5.75 Å². The number of hydrogen-bond donors (Lipinski definition) is 2. The SMILES string of the molecule is CCOC(=O)C[C@H](C(=N)NC)c1ccc(OCc2ccc3c(c2)CCC3)cc1. The molecule has 28 heavy (non-hydrogen) atoms. The second-order valence-corrected chi connectivity index (χ2v) is 7.04. The highest BCUT2D eigenvalue weighted by Crippen LogP contribution is 2.25. The number of hydrogen-bond acceptors (Lipinski definition) is 4.